The van der Waals surface area contributed by atoms with Crippen molar-refractivity contribution in [1.82, 2.24) is 9.97 Å². The lowest BCUT2D eigenvalue weighted by atomic mass is 10.1. The van der Waals surface area contributed by atoms with Crippen LogP contribution in [-0.4, -0.2) is 43.3 Å². The zero-order chi connectivity index (χ0) is 23.5. The molecule has 3 rings (SSSR count). The fraction of sp³-hybridized carbons (Fsp3) is 0.160. The summed E-state index contributed by atoms with van der Waals surface area (Å²) in [7, 11) is 3.28. The van der Waals surface area contributed by atoms with E-state index in [-0.39, 0.29) is 18.6 Å². The summed E-state index contributed by atoms with van der Waals surface area (Å²) in [5.41, 5.74) is 13.9. The van der Waals surface area contributed by atoms with E-state index in [2.05, 4.69) is 15.0 Å². The van der Waals surface area contributed by atoms with Crippen LogP contribution in [0, 0.1) is 0 Å². The monoisotopic (exact) mass is 445 g/mol. The first-order valence-electron chi connectivity index (χ1n) is 10.3. The Kier molecular flexibility index (Phi) is 8.41. The first kappa shape index (κ1) is 23.3. The Bertz CT molecular complexity index is 1080. The molecule has 0 saturated carbocycles. The van der Waals surface area contributed by atoms with E-state index < -0.39 is 0 Å². The molecule has 4 N–H and O–H groups in total. The Morgan fingerprint density at radius 1 is 0.818 bits per heavy atom. The van der Waals surface area contributed by atoms with E-state index in [0.29, 0.717) is 17.9 Å². The number of methoxy groups -OCH3 is 2. The molecule has 170 valence electrons. The highest BCUT2D eigenvalue weighted by Gasteiger charge is 2.05. The number of benzene rings is 2. The number of rotatable bonds is 10. The van der Waals surface area contributed by atoms with Crippen molar-refractivity contribution in [1.29, 1.82) is 0 Å². The number of guanidine groups is 1. The van der Waals surface area contributed by atoms with Crippen molar-refractivity contribution in [2.45, 2.75) is 0 Å². The number of hydrogen-bond acceptors (Lipinski definition) is 6. The normalized spacial score (nSPS) is 11.0. The topological polar surface area (TPSA) is 118 Å². The molecule has 1 aromatic heterocycles. The molecule has 0 spiro atoms. The Hall–Kier alpha value is -4.33. The van der Waals surface area contributed by atoms with Gasteiger partial charge in [-0.3, -0.25) is 4.99 Å². The van der Waals surface area contributed by atoms with E-state index in [9.17, 15) is 0 Å². The standard InChI is InChI=1S/C25H27N5O3/c1-31-22-9-5-3-7-18(22)11-13-20-17-21(14-12-19-8-4-6-10-23(19)32-2)30-25(29-20)33-16-15-28-24(26)27/h3-14,17H,15-16H2,1-2H3,(H4,26,27,28). The molecule has 1 heterocycles. The molecule has 0 aliphatic carbocycles. The minimum atomic E-state index is 0.00782. The van der Waals surface area contributed by atoms with Crippen molar-refractivity contribution in [2.24, 2.45) is 16.5 Å². The summed E-state index contributed by atoms with van der Waals surface area (Å²) in [5.74, 6) is 1.55. The van der Waals surface area contributed by atoms with Crippen LogP contribution in [0.1, 0.15) is 22.5 Å². The second kappa shape index (κ2) is 11.9. The first-order valence-corrected chi connectivity index (χ1v) is 10.3. The summed E-state index contributed by atoms with van der Waals surface area (Å²) in [6.07, 6.45) is 7.61. The molecule has 0 radical (unpaired) electrons. The Balaban J connectivity index is 1.89. The molecule has 0 unspecified atom stereocenters. The predicted molar refractivity (Wildman–Crippen MR) is 132 cm³/mol. The molecular weight excluding hydrogens is 418 g/mol. The summed E-state index contributed by atoms with van der Waals surface area (Å²) in [5, 5.41) is 0. The minimum absolute atomic E-state index is 0.00782. The summed E-state index contributed by atoms with van der Waals surface area (Å²) in [4.78, 5) is 12.9. The van der Waals surface area contributed by atoms with Crippen molar-refractivity contribution in [2.75, 3.05) is 27.4 Å². The van der Waals surface area contributed by atoms with Gasteiger partial charge in [0.25, 0.3) is 0 Å². The quantitative estimate of drug-likeness (QED) is 0.279. The Morgan fingerprint density at radius 3 is 1.82 bits per heavy atom. The molecular formula is C25H27N5O3. The summed E-state index contributed by atoms with van der Waals surface area (Å²) in [6.45, 7) is 0.548. The lowest BCUT2D eigenvalue weighted by molar-refractivity contribution is 0.302. The van der Waals surface area contributed by atoms with E-state index in [1.165, 1.54) is 0 Å². The third kappa shape index (κ3) is 7.10. The molecule has 0 saturated heterocycles. The second-order valence-electron chi connectivity index (χ2n) is 6.81. The molecule has 3 aromatic rings. The van der Waals surface area contributed by atoms with Gasteiger partial charge in [-0.05, 0) is 42.5 Å². The summed E-state index contributed by atoms with van der Waals surface area (Å²) in [6, 6.07) is 17.6. The number of para-hydroxylation sites is 2. The van der Waals surface area contributed by atoms with E-state index in [4.69, 9.17) is 25.7 Å². The second-order valence-corrected chi connectivity index (χ2v) is 6.81. The SMILES string of the molecule is COc1ccccc1C=Cc1cc(C=Cc2ccccc2OC)nc(OCCN=C(N)N)n1. The third-order valence-corrected chi connectivity index (χ3v) is 4.51. The van der Waals surface area contributed by atoms with Crippen LogP contribution in [0.2, 0.25) is 0 Å². The zero-order valence-corrected chi connectivity index (χ0v) is 18.6. The van der Waals surface area contributed by atoms with E-state index in [1.54, 1.807) is 14.2 Å². The van der Waals surface area contributed by atoms with Gasteiger partial charge in [0.2, 0.25) is 0 Å². The fourth-order valence-electron chi connectivity index (χ4n) is 2.97. The molecule has 0 atom stereocenters. The van der Waals surface area contributed by atoms with Crippen LogP contribution in [0.4, 0.5) is 0 Å². The Labute approximate surface area is 193 Å². The van der Waals surface area contributed by atoms with Crippen LogP contribution in [0.5, 0.6) is 17.5 Å². The maximum atomic E-state index is 5.67. The molecule has 0 aliphatic rings. The van der Waals surface area contributed by atoms with E-state index >= 15 is 0 Å². The Morgan fingerprint density at radius 2 is 1.33 bits per heavy atom. The largest absolute Gasteiger partial charge is 0.496 e. The van der Waals surface area contributed by atoms with Crippen molar-refractivity contribution >= 4 is 30.3 Å². The van der Waals surface area contributed by atoms with Gasteiger partial charge in [0.05, 0.1) is 32.2 Å². The van der Waals surface area contributed by atoms with Crippen molar-refractivity contribution in [3.63, 3.8) is 0 Å². The maximum Gasteiger partial charge on any atom is 0.317 e. The average Bonchev–Trinajstić information content (AvgIpc) is 2.84. The van der Waals surface area contributed by atoms with Crippen LogP contribution in [0.15, 0.2) is 59.6 Å². The van der Waals surface area contributed by atoms with Gasteiger partial charge in [0.15, 0.2) is 5.96 Å². The summed E-state index contributed by atoms with van der Waals surface area (Å²) >= 11 is 0. The van der Waals surface area contributed by atoms with Gasteiger partial charge < -0.3 is 25.7 Å². The smallest absolute Gasteiger partial charge is 0.317 e. The van der Waals surface area contributed by atoms with Crippen molar-refractivity contribution in [3.05, 3.63) is 77.1 Å². The molecule has 8 nitrogen and oxygen atoms in total. The van der Waals surface area contributed by atoms with Crippen molar-refractivity contribution < 1.29 is 14.2 Å². The number of aromatic nitrogens is 2. The molecule has 8 heteroatoms. The van der Waals surface area contributed by atoms with Crippen LogP contribution < -0.4 is 25.7 Å². The molecule has 0 aliphatic heterocycles. The van der Waals surface area contributed by atoms with Crippen LogP contribution in [0.25, 0.3) is 24.3 Å². The minimum Gasteiger partial charge on any atom is -0.496 e. The van der Waals surface area contributed by atoms with Crippen LogP contribution in [0.3, 0.4) is 0 Å². The van der Waals surface area contributed by atoms with Gasteiger partial charge >= 0.3 is 6.01 Å². The molecule has 33 heavy (non-hydrogen) atoms. The number of nitrogens with zero attached hydrogens (tertiary/aromatic N) is 3. The fourth-order valence-corrected chi connectivity index (χ4v) is 2.97. The summed E-state index contributed by atoms with van der Waals surface area (Å²) < 4.78 is 16.5. The van der Waals surface area contributed by atoms with Gasteiger partial charge in [-0.25, -0.2) is 0 Å². The predicted octanol–water partition coefficient (Wildman–Crippen LogP) is 3.49. The van der Waals surface area contributed by atoms with Crippen LogP contribution >= 0.6 is 0 Å². The molecule has 0 bridgehead atoms. The number of hydrogen-bond donors (Lipinski definition) is 2. The maximum absolute atomic E-state index is 5.67. The highest BCUT2D eigenvalue weighted by atomic mass is 16.5. The van der Waals surface area contributed by atoms with Gasteiger partial charge in [-0.1, -0.05) is 36.4 Å². The highest BCUT2D eigenvalue weighted by molar-refractivity contribution is 5.76. The third-order valence-electron chi connectivity index (χ3n) is 4.51. The van der Waals surface area contributed by atoms with Gasteiger partial charge in [0.1, 0.15) is 18.1 Å². The average molecular weight is 446 g/mol. The molecule has 0 amide bonds. The van der Waals surface area contributed by atoms with Gasteiger partial charge in [0, 0.05) is 11.1 Å². The van der Waals surface area contributed by atoms with Crippen molar-refractivity contribution in [3.8, 4) is 17.5 Å². The number of ether oxygens (including phenoxy) is 3. The lowest BCUT2D eigenvalue weighted by Gasteiger charge is -2.07. The first-order chi connectivity index (χ1) is 16.1. The van der Waals surface area contributed by atoms with Gasteiger partial charge in [-0.15, -0.1) is 0 Å². The van der Waals surface area contributed by atoms with Crippen LogP contribution in [-0.2, 0) is 0 Å². The van der Waals surface area contributed by atoms with E-state index in [1.807, 2.05) is 78.9 Å². The molecule has 2 aromatic carbocycles. The number of nitrogens with two attached hydrogens (primary N) is 2. The molecule has 0 fully saturated rings. The zero-order valence-electron chi connectivity index (χ0n) is 18.6. The van der Waals surface area contributed by atoms with E-state index in [0.717, 1.165) is 22.6 Å². The highest BCUT2D eigenvalue weighted by Crippen LogP contribution is 2.22. The number of aliphatic imine (C=N–C) groups is 1. The lowest BCUT2D eigenvalue weighted by Crippen LogP contribution is -2.23. The van der Waals surface area contributed by atoms with Gasteiger partial charge in [-0.2, -0.15) is 9.97 Å².